The van der Waals surface area contributed by atoms with E-state index in [-0.39, 0.29) is 14.9 Å². The zero-order valence-corrected chi connectivity index (χ0v) is 19.9. The fourth-order valence-electron chi connectivity index (χ4n) is 3.60. The zero-order chi connectivity index (χ0) is 22.9. The maximum atomic E-state index is 13.0. The number of sulfonamides is 2. The van der Waals surface area contributed by atoms with E-state index in [9.17, 15) is 16.8 Å². The van der Waals surface area contributed by atoms with Crippen LogP contribution in [0, 0.1) is 0 Å². The van der Waals surface area contributed by atoms with Crippen LogP contribution in [0.4, 0.5) is 11.4 Å². The average Bonchev–Trinajstić information content (AvgIpc) is 3.33. The highest BCUT2D eigenvalue weighted by Gasteiger charge is 2.30. The second kappa shape index (κ2) is 8.64. The quantitative estimate of drug-likeness (QED) is 0.537. The Kier molecular flexibility index (Phi) is 6.06. The van der Waals surface area contributed by atoms with Crippen LogP contribution in [0.1, 0.15) is 12.0 Å². The lowest BCUT2D eigenvalue weighted by molar-refractivity contribution is 0.392. The van der Waals surface area contributed by atoms with E-state index in [2.05, 4.69) is 4.72 Å². The molecule has 1 N–H and O–H groups in total. The number of methoxy groups -OCH3 is 2. The van der Waals surface area contributed by atoms with Gasteiger partial charge >= 0.3 is 0 Å². The Morgan fingerprint density at radius 1 is 1.00 bits per heavy atom. The van der Waals surface area contributed by atoms with Crippen molar-refractivity contribution in [2.24, 2.45) is 0 Å². The zero-order valence-electron chi connectivity index (χ0n) is 17.4. The van der Waals surface area contributed by atoms with Gasteiger partial charge in [0.1, 0.15) is 20.6 Å². The van der Waals surface area contributed by atoms with Gasteiger partial charge in [0.05, 0.1) is 19.9 Å². The highest BCUT2D eigenvalue weighted by atomic mass is 32.2. The number of ether oxygens (including phenoxy) is 2. The van der Waals surface area contributed by atoms with Crippen molar-refractivity contribution in [3.63, 3.8) is 0 Å². The van der Waals surface area contributed by atoms with E-state index in [4.69, 9.17) is 9.47 Å². The standard InChI is InChI=1S/C21H22N2O6S3/c1-28-17-8-10-19(29-2)20(14-17)31(24,25)22-16-7-9-18-15(13-16)5-3-11-23(18)32(26,27)21-6-4-12-30-21/h4,6-10,12-14,22H,3,5,11H2,1-2H3. The minimum atomic E-state index is -3.98. The Morgan fingerprint density at radius 3 is 2.50 bits per heavy atom. The van der Waals surface area contributed by atoms with E-state index in [0.717, 1.165) is 5.56 Å². The molecule has 0 spiro atoms. The van der Waals surface area contributed by atoms with Crippen LogP contribution in [0.3, 0.4) is 0 Å². The maximum absolute atomic E-state index is 13.0. The summed E-state index contributed by atoms with van der Waals surface area (Å²) < 4.78 is 66.7. The predicted molar refractivity (Wildman–Crippen MR) is 124 cm³/mol. The smallest absolute Gasteiger partial charge is 0.273 e. The summed E-state index contributed by atoms with van der Waals surface area (Å²) in [5.41, 5.74) is 1.66. The average molecular weight is 495 g/mol. The van der Waals surface area contributed by atoms with Crippen LogP contribution in [0.25, 0.3) is 0 Å². The van der Waals surface area contributed by atoms with Gasteiger partial charge in [0.25, 0.3) is 20.0 Å². The number of nitrogens with one attached hydrogen (secondary N) is 1. The summed E-state index contributed by atoms with van der Waals surface area (Å²) in [5, 5.41) is 1.72. The lowest BCUT2D eigenvalue weighted by Gasteiger charge is -2.30. The normalized spacial score (nSPS) is 14.0. The summed E-state index contributed by atoms with van der Waals surface area (Å²) in [4.78, 5) is -0.0565. The Bertz CT molecular complexity index is 1340. The van der Waals surface area contributed by atoms with Crippen molar-refractivity contribution >= 4 is 42.8 Å². The summed E-state index contributed by atoms with van der Waals surface area (Å²) in [5.74, 6) is 0.565. The van der Waals surface area contributed by atoms with Crippen molar-refractivity contribution in [2.75, 3.05) is 29.8 Å². The van der Waals surface area contributed by atoms with Crippen LogP contribution in [0.15, 0.2) is 63.0 Å². The molecule has 0 fully saturated rings. The second-order valence-corrected chi connectivity index (χ2v) is 11.8. The van der Waals surface area contributed by atoms with Crippen LogP contribution in [0.5, 0.6) is 11.5 Å². The van der Waals surface area contributed by atoms with Crippen LogP contribution in [0.2, 0.25) is 0 Å². The van der Waals surface area contributed by atoms with Crippen LogP contribution in [-0.4, -0.2) is 37.6 Å². The molecule has 8 nitrogen and oxygen atoms in total. The largest absolute Gasteiger partial charge is 0.497 e. The molecule has 32 heavy (non-hydrogen) atoms. The summed E-state index contributed by atoms with van der Waals surface area (Å²) in [6.45, 7) is 0.374. The van der Waals surface area contributed by atoms with Gasteiger partial charge < -0.3 is 9.47 Å². The van der Waals surface area contributed by atoms with E-state index in [1.54, 1.807) is 41.8 Å². The van der Waals surface area contributed by atoms with Gasteiger partial charge in [0.15, 0.2) is 0 Å². The number of thiophene rings is 1. The van der Waals surface area contributed by atoms with Gasteiger partial charge in [-0.05, 0) is 60.2 Å². The summed E-state index contributed by atoms with van der Waals surface area (Å²) >= 11 is 1.17. The minimum absolute atomic E-state index is 0.0565. The first-order chi connectivity index (χ1) is 15.3. The SMILES string of the molecule is COc1ccc(OC)c(S(=O)(=O)Nc2ccc3c(c2)CCCN3S(=O)(=O)c2cccs2)c1. The molecule has 170 valence electrons. The molecule has 0 saturated carbocycles. The van der Waals surface area contributed by atoms with Crippen molar-refractivity contribution in [3.05, 3.63) is 59.5 Å². The minimum Gasteiger partial charge on any atom is -0.497 e. The van der Waals surface area contributed by atoms with Crippen molar-refractivity contribution in [2.45, 2.75) is 21.9 Å². The monoisotopic (exact) mass is 494 g/mol. The molecule has 0 radical (unpaired) electrons. The topological polar surface area (TPSA) is 102 Å². The lowest BCUT2D eigenvalue weighted by atomic mass is 10.0. The highest BCUT2D eigenvalue weighted by molar-refractivity contribution is 7.94. The molecule has 0 amide bonds. The first-order valence-corrected chi connectivity index (χ1v) is 13.5. The van der Waals surface area contributed by atoms with Crippen molar-refractivity contribution in [1.29, 1.82) is 0 Å². The first-order valence-electron chi connectivity index (χ1n) is 9.70. The number of aryl methyl sites for hydroxylation is 1. The molecular weight excluding hydrogens is 472 g/mol. The van der Waals surface area contributed by atoms with Crippen molar-refractivity contribution < 1.29 is 26.3 Å². The Hall–Kier alpha value is -2.76. The molecule has 4 rings (SSSR count). The first kappa shape index (κ1) is 22.4. The molecule has 1 aromatic heterocycles. The summed E-state index contributed by atoms with van der Waals surface area (Å²) in [6, 6.07) is 12.7. The number of benzene rings is 2. The van der Waals surface area contributed by atoms with Gasteiger partial charge in [-0.2, -0.15) is 0 Å². The third-order valence-corrected chi connectivity index (χ3v) is 9.70. The summed E-state index contributed by atoms with van der Waals surface area (Å²) in [7, 11) is -4.79. The van der Waals surface area contributed by atoms with Crippen LogP contribution < -0.4 is 18.5 Å². The van der Waals surface area contributed by atoms with E-state index in [1.807, 2.05) is 0 Å². The Labute approximate surface area is 191 Å². The number of rotatable bonds is 7. The van der Waals surface area contributed by atoms with E-state index >= 15 is 0 Å². The van der Waals surface area contributed by atoms with Gasteiger partial charge in [-0.3, -0.25) is 9.03 Å². The second-order valence-electron chi connectivity index (χ2n) is 7.08. The lowest BCUT2D eigenvalue weighted by Crippen LogP contribution is -2.35. The third kappa shape index (κ3) is 4.15. The molecule has 2 heterocycles. The number of hydrogen-bond acceptors (Lipinski definition) is 7. The fraction of sp³-hybridized carbons (Fsp3) is 0.238. The molecule has 11 heteroatoms. The number of hydrogen-bond donors (Lipinski definition) is 1. The van der Waals surface area contributed by atoms with Gasteiger partial charge in [-0.15, -0.1) is 11.3 Å². The van der Waals surface area contributed by atoms with Gasteiger partial charge in [0, 0.05) is 18.3 Å². The molecule has 0 atom stereocenters. The van der Waals surface area contributed by atoms with E-state index in [0.29, 0.717) is 36.5 Å². The Balaban J connectivity index is 1.67. The molecule has 3 aromatic rings. The van der Waals surface area contributed by atoms with Crippen LogP contribution >= 0.6 is 11.3 Å². The molecule has 1 aliphatic rings. The maximum Gasteiger partial charge on any atom is 0.273 e. The van der Waals surface area contributed by atoms with Gasteiger partial charge in [-0.25, -0.2) is 16.8 Å². The molecule has 0 unspecified atom stereocenters. The Morgan fingerprint density at radius 2 is 1.81 bits per heavy atom. The van der Waals surface area contributed by atoms with Crippen molar-refractivity contribution in [1.82, 2.24) is 0 Å². The van der Waals surface area contributed by atoms with E-state index in [1.165, 1.54) is 42.0 Å². The van der Waals surface area contributed by atoms with E-state index < -0.39 is 20.0 Å². The molecule has 2 aromatic carbocycles. The van der Waals surface area contributed by atoms with Gasteiger partial charge in [0.2, 0.25) is 0 Å². The third-order valence-electron chi connectivity index (χ3n) is 5.11. The van der Waals surface area contributed by atoms with Crippen LogP contribution in [-0.2, 0) is 26.5 Å². The number of fused-ring (bicyclic) bond motifs is 1. The predicted octanol–water partition coefficient (Wildman–Crippen LogP) is 3.71. The summed E-state index contributed by atoms with van der Waals surface area (Å²) in [6.07, 6.45) is 1.28. The number of anilines is 2. The highest BCUT2D eigenvalue weighted by Crippen LogP contribution is 2.36. The molecule has 1 aliphatic heterocycles. The molecule has 0 saturated heterocycles. The molecule has 0 bridgehead atoms. The van der Waals surface area contributed by atoms with Crippen molar-refractivity contribution in [3.8, 4) is 11.5 Å². The molecular formula is C21H22N2O6S3. The fourth-order valence-corrected chi connectivity index (χ4v) is 7.48. The van der Waals surface area contributed by atoms with Gasteiger partial charge in [-0.1, -0.05) is 6.07 Å². The number of nitrogens with zero attached hydrogens (tertiary/aromatic N) is 1. The molecule has 0 aliphatic carbocycles.